The second kappa shape index (κ2) is 4.76. The molecule has 0 aliphatic heterocycles. The van der Waals surface area contributed by atoms with Crippen molar-refractivity contribution in [3.63, 3.8) is 0 Å². The van der Waals surface area contributed by atoms with E-state index in [4.69, 9.17) is 5.73 Å². The van der Waals surface area contributed by atoms with Gasteiger partial charge in [-0.3, -0.25) is 4.98 Å². The molecule has 84 valence electrons. The Kier molecular flexibility index (Phi) is 3.36. The minimum atomic E-state index is -0.0858. The number of halogens is 1. The summed E-state index contributed by atoms with van der Waals surface area (Å²) in [6.45, 7) is 0. The summed E-state index contributed by atoms with van der Waals surface area (Å²) in [5.41, 5.74) is 8.08. The number of aryl methyl sites for hydroxylation is 1. The van der Waals surface area contributed by atoms with E-state index in [2.05, 4.69) is 25.9 Å². The van der Waals surface area contributed by atoms with Crippen molar-refractivity contribution in [3.8, 4) is 0 Å². The first kappa shape index (κ1) is 11.3. The first-order chi connectivity index (χ1) is 7.65. The lowest BCUT2D eigenvalue weighted by atomic mass is 10.1. The Morgan fingerprint density at radius 2 is 2.31 bits per heavy atom. The van der Waals surface area contributed by atoms with Crippen molar-refractivity contribution in [2.24, 2.45) is 12.8 Å². The molecule has 0 saturated carbocycles. The smallest absolute Gasteiger partial charge is 0.0947 e. The summed E-state index contributed by atoms with van der Waals surface area (Å²) in [5, 5.41) is 0. The number of hydrogen-bond donors (Lipinski definition) is 1. The van der Waals surface area contributed by atoms with Crippen molar-refractivity contribution in [2.45, 2.75) is 12.5 Å². The molecule has 2 N–H and O–H groups in total. The maximum atomic E-state index is 6.07. The Hall–Kier alpha value is -1.20. The Morgan fingerprint density at radius 3 is 2.94 bits per heavy atom. The van der Waals surface area contributed by atoms with E-state index in [0.717, 1.165) is 22.2 Å². The molecule has 1 unspecified atom stereocenters. The molecule has 4 nitrogen and oxygen atoms in total. The molecule has 0 aliphatic carbocycles. The van der Waals surface area contributed by atoms with Crippen LogP contribution in [0.15, 0.2) is 35.5 Å². The van der Waals surface area contributed by atoms with E-state index >= 15 is 0 Å². The highest BCUT2D eigenvalue weighted by atomic mass is 79.9. The lowest BCUT2D eigenvalue weighted by Crippen LogP contribution is -2.13. The summed E-state index contributed by atoms with van der Waals surface area (Å²) in [4.78, 5) is 8.35. The van der Waals surface area contributed by atoms with Crippen LogP contribution in [0.25, 0.3) is 0 Å². The summed E-state index contributed by atoms with van der Waals surface area (Å²) in [5.74, 6) is 0. The van der Waals surface area contributed by atoms with Crippen LogP contribution < -0.4 is 5.73 Å². The standard InChI is InChI=1S/C11H13BrN4/c1-16-6-11(15-7-16)10(13)3-8-2-9(12)5-14-4-8/h2,4-7,10H,3,13H2,1H3. The third-order valence-corrected chi connectivity index (χ3v) is 2.76. The van der Waals surface area contributed by atoms with Gasteiger partial charge in [0.25, 0.3) is 0 Å². The molecule has 1 atom stereocenters. The normalized spacial score (nSPS) is 12.7. The van der Waals surface area contributed by atoms with Crippen LogP contribution in [0.1, 0.15) is 17.3 Å². The number of aromatic nitrogens is 3. The van der Waals surface area contributed by atoms with Gasteiger partial charge in [0, 0.05) is 30.1 Å². The highest BCUT2D eigenvalue weighted by molar-refractivity contribution is 9.10. The fourth-order valence-corrected chi connectivity index (χ4v) is 1.96. The zero-order chi connectivity index (χ0) is 11.5. The first-order valence-corrected chi connectivity index (χ1v) is 5.77. The average Bonchev–Trinajstić information content (AvgIpc) is 2.65. The summed E-state index contributed by atoms with van der Waals surface area (Å²) >= 11 is 3.39. The Labute approximate surface area is 103 Å². The summed E-state index contributed by atoms with van der Waals surface area (Å²) < 4.78 is 2.87. The van der Waals surface area contributed by atoms with Gasteiger partial charge >= 0.3 is 0 Å². The van der Waals surface area contributed by atoms with Gasteiger partial charge in [0.2, 0.25) is 0 Å². The van der Waals surface area contributed by atoms with Gasteiger partial charge < -0.3 is 10.3 Å². The number of hydrogen-bond acceptors (Lipinski definition) is 3. The van der Waals surface area contributed by atoms with Gasteiger partial charge in [0.05, 0.1) is 18.1 Å². The molecule has 0 saturated heterocycles. The van der Waals surface area contributed by atoms with Crippen LogP contribution in [0.2, 0.25) is 0 Å². The van der Waals surface area contributed by atoms with Crippen LogP contribution >= 0.6 is 15.9 Å². The number of pyridine rings is 1. The van der Waals surface area contributed by atoms with Gasteiger partial charge in [-0.1, -0.05) is 0 Å². The predicted molar refractivity (Wildman–Crippen MR) is 65.8 cm³/mol. The van der Waals surface area contributed by atoms with E-state index in [1.165, 1.54) is 0 Å². The number of nitrogens with zero attached hydrogens (tertiary/aromatic N) is 3. The second-order valence-corrected chi connectivity index (χ2v) is 4.70. The minimum Gasteiger partial charge on any atom is -0.340 e. The highest BCUT2D eigenvalue weighted by Crippen LogP contribution is 2.16. The highest BCUT2D eigenvalue weighted by Gasteiger charge is 2.10. The second-order valence-electron chi connectivity index (χ2n) is 3.79. The molecule has 2 rings (SSSR count). The van der Waals surface area contributed by atoms with Crippen molar-refractivity contribution in [2.75, 3.05) is 0 Å². The van der Waals surface area contributed by atoms with Crippen LogP contribution in [0, 0.1) is 0 Å². The average molecular weight is 281 g/mol. The van der Waals surface area contributed by atoms with Crippen LogP contribution in [0.5, 0.6) is 0 Å². The molecule has 0 bridgehead atoms. The van der Waals surface area contributed by atoms with E-state index in [1.807, 2.05) is 30.1 Å². The van der Waals surface area contributed by atoms with Crippen LogP contribution in [-0.2, 0) is 13.5 Å². The van der Waals surface area contributed by atoms with Crippen molar-refractivity contribution in [3.05, 3.63) is 46.7 Å². The van der Waals surface area contributed by atoms with E-state index in [-0.39, 0.29) is 6.04 Å². The predicted octanol–water partition coefficient (Wildman–Crippen LogP) is 1.82. The first-order valence-electron chi connectivity index (χ1n) is 4.98. The Bertz CT molecular complexity index is 480. The lowest BCUT2D eigenvalue weighted by molar-refractivity contribution is 0.698. The van der Waals surface area contributed by atoms with Crippen LogP contribution in [-0.4, -0.2) is 14.5 Å². The quantitative estimate of drug-likeness (QED) is 0.933. The maximum Gasteiger partial charge on any atom is 0.0947 e. The van der Waals surface area contributed by atoms with E-state index in [9.17, 15) is 0 Å². The lowest BCUT2D eigenvalue weighted by Gasteiger charge is -2.08. The van der Waals surface area contributed by atoms with E-state index in [1.54, 1.807) is 12.5 Å². The zero-order valence-electron chi connectivity index (χ0n) is 8.97. The summed E-state index contributed by atoms with van der Waals surface area (Å²) in [7, 11) is 1.93. The molecule has 0 fully saturated rings. The fourth-order valence-electron chi connectivity index (χ4n) is 1.55. The summed E-state index contributed by atoms with van der Waals surface area (Å²) in [6, 6.07) is 1.94. The van der Waals surface area contributed by atoms with Crippen molar-refractivity contribution >= 4 is 15.9 Å². The third kappa shape index (κ3) is 2.68. The van der Waals surface area contributed by atoms with Gasteiger partial charge in [0.15, 0.2) is 0 Å². The molecule has 2 aromatic heterocycles. The molecule has 0 spiro atoms. The van der Waals surface area contributed by atoms with Crippen LogP contribution in [0.3, 0.4) is 0 Å². The number of imidazole rings is 1. The van der Waals surface area contributed by atoms with Crippen molar-refractivity contribution < 1.29 is 0 Å². The third-order valence-electron chi connectivity index (χ3n) is 2.32. The van der Waals surface area contributed by atoms with Gasteiger partial charge in [-0.05, 0) is 34.0 Å². The van der Waals surface area contributed by atoms with Gasteiger partial charge in [-0.2, -0.15) is 0 Å². The summed E-state index contributed by atoms with van der Waals surface area (Å²) in [6.07, 6.45) is 8.03. The maximum absolute atomic E-state index is 6.07. The minimum absolute atomic E-state index is 0.0858. The Morgan fingerprint density at radius 1 is 1.50 bits per heavy atom. The van der Waals surface area contributed by atoms with Crippen molar-refractivity contribution in [1.29, 1.82) is 0 Å². The van der Waals surface area contributed by atoms with E-state index in [0.29, 0.717) is 0 Å². The monoisotopic (exact) mass is 280 g/mol. The molecular formula is C11H13BrN4. The number of nitrogens with two attached hydrogens (primary N) is 1. The zero-order valence-corrected chi connectivity index (χ0v) is 10.6. The van der Waals surface area contributed by atoms with E-state index < -0.39 is 0 Å². The van der Waals surface area contributed by atoms with Gasteiger partial charge in [-0.25, -0.2) is 4.98 Å². The number of rotatable bonds is 3. The molecule has 5 heteroatoms. The molecule has 0 radical (unpaired) electrons. The molecule has 0 amide bonds. The topological polar surface area (TPSA) is 56.7 Å². The molecular weight excluding hydrogens is 268 g/mol. The van der Waals surface area contributed by atoms with Gasteiger partial charge in [0.1, 0.15) is 0 Å². The molecule has 16 heavy (non-hydrogen) atoms. The van der Waals surface area contributed by atoms with Crippen LogP contribution in [0.4, 0.5) is 0 Å². The largest absolute Gasteiger partial charge is 0.340 e. The van der Waals surface area contributed by atoms with Gasteiger partial charge in [-0.15, -0.1) is 0 Å². The molecule has 2 heterocycles. The fraction of sp³-hybridized carbons (Fsp3) is 0.273. The SMILES string of the molecule is Cn1cnc(C(N)Cc2cncc(Br)c2)c1. The molecule has 2 aromatic rings. The van der Waals surface area contributed by atoms with Crippen molar-refractivity contribution in [1.82, 2.24) is 14.5 Å². The Balaban J connectivity index is 2.10. The molecule has 0 aliphatic rings. The molecule has 0 aromatic carbocycles.